The van der Waals surface area contributed by atoms with E-state index in [0.29, 0.717) is 39.4 Å². The molecule has 2 aliphatic rings. The van der Waals surface area contributed by atoms with E-state index in [1.807, 2.05) is 38.0 Å². The van der Waals surface area contributed by atoms with Gasteiger partial charge in [-0.2, -0.15) is 0 Å². The van der Waals surface area contributed by atoms with Crippen molar-refractivity contribution in [1.29, 1.82) is 0 Å². The topological polar surface area (TPSA) is 133 Å². The van der Waals surface area contributed by atoms with E-state index in [1.54, 1.807) is 16.9 Å². The SMILES string of the molecule is CCCCCCCCCCCCC(=O)N1CCCC1C(=O)N(C)CCCCCCNC.CNCCCCCCN(C)C(=O)C1CCCCN1C(=O)COCCOCCOC. The van der Waals surface area contributed by atoms with Crippen LogP contribution in [0.5, 0.6) is 0 Å². The normalized spacial score (nSPS) is 16.4. The van der Waals surface area contributed by atoms with Crippen LogP contribution in [-0.4, -0.2) is 163 Å². The molecule has 0 spiro atoms. The van der Waals surface area contributed by atoms with E-state index in [0.717, 1.165) is 110 Å². The van der Waals surface area contributed by atoms with Crippen molar-refractivity contribution in [3.05, 3.63) is 0 Å². The molecule has 2 N–H and O–H groups in total. The van der Waals surface area contributed by atoms with Gasteiger partial charge in [0.1, 0.15) is 18.7 Å². The molecule has 2 atom stereocenters. The van der Waals surface area contributed by atoms with Crippen LogP contribution in [0.3, 0.4) is 0 Å². The quantitative estimate of drug-likeness (QED) is 0.0661. The molecule has 0 aromatic carbocycles. The third kappa shape index (κ3) is 26.2. The van der Waals surface area contributed by atoms with E-state index in [4.69, 9.17) is 14.2 Å². The molecule has 13 heteroatoms. The van der Waals surface area contributed by atoms with Gasteiger partial charge in [-0.25, -0.2) is 0 Å². The fourth-order valence-electron chi connectivity index (χ4n) is 8.06. The number of likely N-dealkylation sites (N-methyl/N-ethyl adjacent to an activating group) is 2. The van der Waals surface area contributed by atoms with Gasteiger partial charge in [0.05, 0.1) is 26.4 Å². The molecule has 13 nitrogen and oxygen atoms in total. The first-order chi connectivity index (χ1) is 29.2. The summed E-state index contributed by atoms with van der Waals surface area (Å²) in [6.07, 6.45) is 26.9. The minimum atomic E-state index is -0.355. The summed E-state index contributed by atoms with van der Waals surface area (Å²) in [6.45, 7) is 9.11. The van der Waals surface area contributed by atoms with Crippen molar-refractivity contribution in [2.24, 2.45) is 0 Å². The minimum absolute atomic E-state index is 0.00735. The van der Waals surface area contributed by atoms with Crippen molar-refractivity contribution in [2.45, 2.75) is 173 Å². The Labute approximate surface area is 367 Å². The molecule has 0 saturated carbocycles. The molecule has 0 aliphatic carbocycles. The fourth-order valence-corrected chi connectivity index (χ4v) is 8.06. The number of ether oxygens (including phenoxy) is 3. The monoisotopic (exact) mass is 853 g/mol. The summed E-state index contributed by atoms with van der Waals surface area (Å²) >= 11 is 0. The number of likely N-dealkylation sites (tertiary alicyclic amines) is 2. The lowest BCUT2D eigenvalue weighted by Gasteiger charge is -2.36. The number of rotatable bonds is 35. The Morgan fingerprint density at radius 1 is 0.550 bits per heavy atom. The first kappa shape index (κ1) is 55.7. The number of unbranched alkanes of at least 4 members (excludes halogenated alkanes) is 15. The van der Waals surface area contributed by atoms with Crippen LogP contribution < -0.4 is 10.6 Å². The van der Waals surface area contributed by atoms with Gasteiger partial charge in [0.15, 0.2) is 0 Å². The van der Waals surface area contributed by atoms with Crippen LogP contribution in [0, 0.1) is 0 Å². The van der Waals surface area contributed by atoms with Crippen LogP contribution in [0.15, 0.2) is 0 Å². The Morgan fingerprint density at radius 3 is 1.55 bits per heavy atom. The summed E-state index contributed by atoms with van der Waals surface area (Å²) < 4.78 is 15.7. The number of hydrogen-bond donors (Lipinski definition) is 2. The summed E-state index contributed by atoms with van der Waals surface area (Å²) in [5.41, 5.74) is 0. The molecular weight excluding hydrogens is 761 g/mol. The Kier molecular flexibility index (Phi) is 35.6. The number of nitrogens with zero attached hydrogens (tertiary/aromatic N) is 4. The van der Waals surface area contributed by atoms with E-state index in [-0.39, 0.29) is 42.3 Å². The van der Waals surface area contributed by atoms with Gasteiger partial charge in [-0.15, -0.1) is 0 Å². The van der Waals surface area contributed by atoms with Gasteiger partial charge in [-0.1, -0.05) is 90.4 Å². The number of piperidine rings is 1. The third-order valence-corrected chi connectivity index (χ3v) is 11.8. The Bertz CT molecular complexity index is 1080. The lowest BCUT2D eigenvalue weighted by Crippen LogP contribution is -2.53. The highest BCUT2D eigenvalue weighted by molar-refractivity contribution is 5.89. The highest BCUT2D eigenvalue weighted by Crippen LogP contribution is 2.22. The zero-order valence-corrected chi connectivity index (χ0v) is 39.6. The number of hydrogen-bond acceptors (Lipinski definition) is 9. The molecular formula is C47H92N6O7. The zero-order valence-electron chi connectivity index (χ0n) is 39.6. The van der Waals surface area contributed by atoms with Gasteiger partial charge in [0.2, 0.25) is 23.6 Å². The van der Waals surface area contributed by atoms with Crippen molar-refractivity contribution in [3.63, 3.8) is 0 Å². The molecule has 2 heterocycles. The van der Waals surface area contributed by atoms with E-state index >= 15 is 0 Å². The second-order valence-electron chi connectivity index (χ2n) is 17.0. The summed E-state index contributed by atoms with van der Waals surface area (Å²) in [5.74, 6) is 0.275. The Balaban J connectivity index is 0.000000601. The number of methoxy groups -OCH3 is 1. The molecule has 2 aliphatic heterocycles. The van der Waals surface area contributed by atoms with Crippen LogP contribution in [0.1, 0.15) is 161 Å². The standard InChI is InChI=1S/C26H51N3O2.C21H41N3O5/c1-4-5-6-7-8-9-10-11-12-15-20-25(30)29-23-18-19-24(29)26(31)28(3)22-17-14-13-16-21-27-2;1-22-11-7-4-5-8-12-23(2)21(26)19-10-6-9-13-24(19)20(25)18-29-17-16-28-15-14-27-3/h24,27H,4-23H2,1-3H3;19,22H,4-18H2,1-3H3. The molecule has 0 aromatic rings. The van der Waals surface area contributed by atoms with Gasteiger partial charge >= 0.3 is 0 Å². The molecule has 2 fully saturated rings. The second-order valence-corrected chi connectivity index (χ2v) is 17.0. The Morgan fingerprint density at radius 2 is 1.00 bits per heavy atom. The molecule has 0 aromatic heterocycles. The smallest absolute Gasteiger partial charge is 0.249 e. The maximum Gasteiger partial charge on any atom is 0.249 e. The van der Waals surface area contributed by atoms with Crippen LogP contribution in [0.4, 0.5) is 0 Å². The van der Waals surface area contributed by atoms with Crippen molar-refractivity contribution < 1.29 is 33.4 Å². The second kappa shape index (κ2) is 38.4. The molecule has 2 saturated heterocycles. The number of carbonyl (C=O) groups excluding carboxylic acids is 4. The summed E-state index contributed by atoms with van der Waals surface area (Å²) in [7, 11) is 9.32. The highest BCUT2D eigenvalue weighted by atomic mass is 16.5. The average molecular weight is 853 g/mol. The summed E-state index contributed by atoms with van der Waals surface area (Å²) in [5, 5.41) is 6.32. The first-order valence-corrected chi connectivity index (χ1v) is 24.3. The molecule has 4 amide bonds. The van der Waals surface area contributed by atoms with Crippen LogP contribution >= 0.6 is 0 Å². The highest BCUT2D eigenvalue weighted by Gasteiger charge is 2.35. The Hall–Kier alpha value is -2.32. The van der Waals surface area contributed by atoms with E-state index in [1.165, 1.54) is 70.6 Å². The molecule has 352 valence electrons. The zero-order chi connectivity index (χ0) is 44.1. The summed E-state index contributed by atoms with van der Waals surface area (Å²) in [6, 6.07) is -0.572. The van der Waals surface area contributed by atoms with Crippen molar-refractivity contribution in [1.82, 2.24) is 30.2 Å². The van der Waals surface area contributed by atoms with Crippen molar-refractivity contribution >= 4 is 23.6 Å². The summed E-state index contributed by atoms with van der Waals surface area (Å²) in [4.78, 5) is 58.3. The third-order valence-electron chi connectivity index (χ3n) is 11.8. The maximum absolute atomic E-state index is 12.9. The lowest BCUT2D eigenvalue weighted by molar-refractivity contribution is -0.150. The molecule has 60 heavy (non-hydrogen) atoms. The van der Waals surface area contributed by atoms with E-state index < -0.39 is 0 Å². The molecule has 0 radical (unpaired) electrons. The predicted molar refractivity (Wildman–Crippen MR) is 244 cm³/mol. The molecule has 0 bridgehead atoms. The largest absolute Gasteiger partial charge is 0.382 e. The predicted octanol–water partition coefficient (Wildman–Crippen LogP) is 6.81. The minimum Gasteiger partial charge on any atom is -0.382 e. The lowest BCUT2D eigenvalue weighted by atomic mass is 10.0. The van der Waals surface area contributed by atoms with Crippen LogP contribution in [0.2, 0.25) is 0 Å². The van der Waals surface area contributed by atoms with Gasteiger partial charge in [0, 0.05) is 53.8 Å². The van der Waals surface area contributed by atoms with Crippen LogP contribution in [-0.2, 0) is 33.4 Å². The number of amides is 4. The van der Waals surface area contributed by atoms with E-state index in [2.05, 4.69) is 17.6 Å². The van der Waals surface area contributed by atoms with Crippen molar-refractivity contribution in [2.75, 3.05) is 108 Å². The van der Waals surface area contributed by atoms with Gasteiger partial charge in [-0.3, -0.25) is 19.2 Å². The average Bonchev–Trinajstić information content (AvgIpc) is 3.76. The molecule has 2 unspecified atom stereocenters. The number of carbonyl (C=O) groups is 4. The van der Waals surface area contributed by atoms with Crippen molar-refractivity contribution in [3.8, 4) is 0 Å². The number of nitrogens with one attached hydrogen (secondary N) is 2. The maximum atomic E-state index is 12.9. The van der Waals surface area contributed by atoms with Gasteiger partial charge in [0.25, 0.3) is 0 Å². The van der Waals surface area contributed by atoms with Gasteiger partial charge in [-0.05, 0) is 91.4 Å². The molecule has 2 rings (SSSR count). The fraction of sp³-hybridized carbons (Fsp3) is 0.915. The van der Waals surface area contributed by atoms with Gasteiger partial charge < -0.3 is 44.4 Å². The first-order valence-electron chi connectivity index (χ1n) is 24.3. The van der Waals surface area contributed by atoms with E-state index in [9.17, 15) is 19.2 Å². The van der Waals surface area contributed by atoms with Crippen LogP contribution in [0.25, 0.3) is 0 Å².